The topological polar surface area (TPSA) is 335 Å². The number of ether oxygens (including phenoxy) is 6. The number of carbonyl (C=O) groups is 5. The molecule has 0 aliphatic carbocycles. The van der Waals surface area contributed by atoms with Crippen molar-refractivity contribution in [1.29, 1.82) is 0 Å². The molecule has 6 aromatic carbocycles. The summed E-state index contributed by atoms with van der Waals surface area (Å²) in [4.78, 5) is 97.6. The average Bonchev–Trinajstić information content (AvgIpc) is 1.60. The van der Waals surface area contributed by atoms with E-state index in [1.54, 1.807) is 85.5 Å². The Balaban J connectivity index is 0.000000161. The highest BCUT2D eigenvalue weighted by atomic mass is 35.5. The van der Waals surface area contributed by atoms with Gasteiger partial charge in [-0.25, -0.2) is 23.7 Å². The quantitative estimate of drug-likeness (QED) is 0.0310. The summed E-state index contributed by atoms with van der Waals surface area (Å²) < 4.78 is 105. The summed E-state index contributed by atoms with van der Waals surface area (Å²) in [5, 5.41) is 33.4. The lowest BCUT2D eigenvalue weighted by molar-refractivity contribution is -0.139. The molecule has 14 rings (SSSR count). The highest BCUT2D eigenvalue weighted by Gasteiger charge is 2.40. The zero-order chi connectivity index (χ0) is 83.1. The van der Waals surface area contributed by atoms with E-state index in [4.69, 9.17) is 56.7 Å². The van der Waals surface area contributed by atoms with E-state index in [-0.39, 0.29) is 133 Å². The van der Waals surface area contributed by atoms with E-state index >= 15 is 8.78 Å². The van der Waals surface area contributed by atoms with E-state index in [0.29, 0.717) is 57.9 Å². The van der Waals surface area contributed by atoms with Crippen molar-refractivity contribution in [2.45, 2.75) is 88.9 Å². The minimum atomic E-state index is -4.81. The number of methoxy groups -OCH3 is 3. The number of nitrogens with zero attached hydrogens (tertiary/aromatic N) is 11. The van der Waals surface area contributed by atoms with Crippen LogP contribution in [-0.4, -0.2) is 202 Å². The molecule has 116 heavy (non-hydrogen) atoms. The van der Waals surface area contributed by atoms with Crippen LogP contribution in [0.3, 0.4) is 0 Å². The van der Waals surface area contributed by atoms with Gasteiger partial charge in [-0.2, -0.15) is 28.1 Å². The molecule has 7 N–H and O–H groups in total. The Labute approximate surface area is 673 Å². The van der Waals surface area contributed by atoms with E-state index in [1.807, 2.05) is 40.1 Å². The van der Waals surface area contributed by atoms with Crippen LogP contribution in [0.4, 0.5) is 56.9 Å². The summed E-state index contributed by atoms with van der Waals surface area (Å²) in [5.41, 5.74) is 3.37. The van der Waals surface area contributed by atoms with Gasteiger partial charge in [-0.05, 0) is 145 Å². The van der Waals surface area contributed by atoms with Crippen LogP contribution in [-0.2, 0) is 19.1 Å². The Morgan fingerprint density at radius 2 is 0.957 bits per heavy atom. The van der Waals surface area contributed by atoms with Gasteiger partial charge < -0.3 is 89.7 Å². The smallest absolute Gasteiger partial charge is 0.423 e. The van der Waals surface area contributed by atoms with Gasteiger partial charge in [0.25, 0.3) is 29.5 Å². The molecule has 36 heteroatoms. The van der Waals surface area contributed by atoms with E-state index in [9.17, 15) is 42.3 Å². The maximum atomic E-state index is 15.1. The maximum absolute atomic E-state index is 15.1. The summed E-state index contributed by atoms with van der Waals surface area (Å²) >= 11 is 12.6. The van der Waals surface area contributed by atoms with Crippen LogP contribution in [0.25, 0.3) is 0 Å². The van der Waals surface area contributed by atoms with Crippen LogP contribution in [0.5, 0.6) is 52.1 Å². The van der Waals surface area contributed by atoms with Gasteiger partial charge in [-0.1, -0.05) is 65.7 Å². The molecule has 5 aliphatic heterocycles. The largest absolute Gasteiger partial charge is 0.495 e. The van der Waals surface area contributed by atoms with Crippen molar-refractivity contribution in [3.05, 3.63) is 193 Å². The van der Waals surface area contributed by atoms with Crippen molar-refractivity contribution in [2.24, 2.45) is 0 Å². The second kappa shape index (κ2) is 35.9. The molecule has 0 radical (unpaired) electrons. The third kappa shape index (κ3) is 18.8. The molecule has 8 heterocycles. The second-order valence-electron chi connectivity index (χ2n) is 28.1. The molecule has 2 fully saturated rings. The summed E-state index contributed by atoms with van der Waals surface area (Å²) in [6, 6.07) is 25.0. The van der Waals surface area contributed by atoms with Gasteiger partial charge >= 0.3 is 6.18 Å². The standard InChI is InChI=1S/2C28H30ClFN6O4.C24H23F3N4O5/c2*1-15-17-6-5-7-22(24(17)27(38)36(15)3)40-26-19(29)14-31-28(34-26)33-21-13-20(30)18(12-23(21)39-4)25(37)32-16-8-10-35(2)11-9-16;1-31-11-14-4-3-5-18(20(14)22(31)34)36-21-16(24(25,26)27)10-28-23(30-21)29-17-7-6-13(8-15(33)12-32)9-19(17)35-2/h2*5-7,12-16H,8-11H2,1-4H3,(H,32,37)(H,31,33,34);3-7,9-10,15,32-33H,8,11-12H2,1-2H3,(H,28,29,30)/t3*15-/m101/s1. The zero-order valence-corrected chi connectivity index (χ0v) is 66.1. The van der Waals surface area contributed by atoms with Gasteiger partial charge in [0.15, 0.2) is 0 Å². The second-order valence-corrected chi connectivity index (χ2v) is 28.9. The van der Waals surface area contributed by atoms with Crippen LogP contribution in [0, 0.1) is 11.6 Å². The number of aromatic nitrogens is 6. The molecule has 9 aromatic rings. The van der Waals surface area contributed by atoms with Crippen molar-refractivity contribution in [1.82, 2.24) is 65.0 Å². The number of fused-ring (bicyclic) bond motifs is 3. The van der Waals surface area contributed by atoms with Crippen molar-refractivity contribution in [3.63, 3.8) is 0 Å². The first-order valence-electron chi connectivity index (χ1n) is 36.6. The lowest BCUT2D eigenvalue weighted by Crippen LogP contribution is -2.43. The first-order valence-corrected chi connectivity index (χ1v) is 37.4. The Morgan fingerprint density at radius 3 is 1.41 bits per heavy atom. The molecular weight excluding hydrogens is 1560 g/mol. The molecule has 610 valence electrons. The highest BCUT2D eigenvalue weighted by Crippen LogP contribution is 2.45. The van der Waals surface area contributed by atoms with E-state index in [0.717, 1.165) is 75.1 Å². The molecule has 5 amide bonds. The van der Waals surface area contributed by atoms with Crippen LogP contribution in [0.15, 0.2) is 116 Å². The van der Waals surface area contributed by atoms with Crippen LogP contribution < -0.4 is 55.0 Å². The molecule has 3 atom stereocenters. The van der Waals surface area contributed by atoms with Crippen molar-refractivity contribution in [3.8, 4) is 52.1 Å². The number of amides is 5. The lowest BCUT2D eigenvalue weighted by atomic mass is 10.0. The van der Waals surface area contributed by atoms with Gasteiger partial charge in [0.2, 0.25) is 35.5 Å². The predicted octanol–water partition coefficient (Wildman–Crippen LogP) is 13.1. The SMILES string of the molecule is COc1cc(C(=O)NC2CCN(C)CC2)c(F)cc1Nc1ncc(Cl)c(Oc2cccc3c2C(=O)N(C)[C@@H]3C)n1.COc1cc(C(=O)NC2CCN(C)CC2)c(F)cc1Nc1ncc(Cl)c(Oc2cccc3c2C(=O)N(C)[C@H]3C)n1.COc1cc(C[C@@H](O)CO)ccc1Nc1ncc(C(F)(F)F)c(Oc2cccc3c2C(=O)N(C)C3)n1. The number of hydrogen-bond donors (Lipinski definition) is 7. The van der Waals surface area contributed by atoms with E-state index in [1.165, 1.54) is 56.8 Å². The predicted molar refractivity (Wildman–Crippen MR) is 419 cm³/mol. The molecular formula is C80H83Cl2F5N16O13. The molecule has 2 saturated heterocycles. The fourth-order valence-electron chi connectivity index (χ4n) is 13.6. The number of aliphatic hydroxyl groups is 2. The Bertz CT molecular complexity index is 5000. The molecule has 3 aromatic heterocycles. The van der Waals surface area contributed by atoms with Gasteiger partial charge in [0.1, 0.15) is 61.7 Å². The summed E-state index contributed by atoms with van der Waals surface area (Å²) in [6.45, 7) is 7.25. The minimum Gasteiger partial charge on any atom is -0.495 e. The number of nitrogens with one attached hydrogen (secondary N) is 5. The third-order valence-corrected chi connectivity index (χ3v) is 20.8. The summed E-state index contributed by atoms with van der Waals surface area (Å²) in [7, 11) is 13.3. The molecule has 0 bridgehead atoms. The van der Waals surface area contributed by atoms with Gasteiger partial charge in [-0.3, -0.25) is 24.0 Å². The van der Waals surface area contributed by atoms with E-state index < -0.39 is 53.8 Å². The molecule has 0 unspecified atom stereocenters. The fraction of sp³-hybridized carbons (Fsp3) is 0.338. The first kappa shape index (κ1) is 83.6. The molecule has 29 nitrogen and oxygen atoms in total. The number of rotatable bonds is 22. The number of hydrogen-bond acceptors (Lipinski definition) is 24. The number of aliphatic hydroxyl groups excluding tert-OH is 2. The number of alkyl halides is 3. The normalized spacial score (nSPS) is 16.4. The Morgan fingerprint density at radius 1 is 0.543 bits per heavy atom. The van der Waals surface area contributed by atoms with Crippen LogP contribution in [0.2, 0.25) is 10.0 Å². The first-order chi connectivity index (χ1) is 55.4. The van der Waals surface area contributed by atoms with E-state index in [2.05, 4.69) is 66.3 Å². The monoisotopic (exact) mass is 1640 g/mol. The van der Waals surface area contributed by atoms with Gasteiger partial charge in [-0.15, -0.1) is 0 Å². The minimum absolute atomic E-state index is 0.0103. The number of halogens is 7. The van der Waals surface area contributed by atoms with Crippen molar-refractivity contribution < 1.29 is 84.6 Å². The van der Waals surface area contributed by atoms with Crippen molar-refractivity contribution >= 4 is 87.6 Å². The summed E-state index contributed by atoms with van der Waals surface area (Å²) in [5.74, 6) is -2.65. The van der Waals surface area contributed by atoms with Crippen LogP contribution in [0.1, 0.15) is 131 Å². The average molecular weight is 1640 g/mol. The van der Waals surface area contributed by atoms with Gasteiger partial charge in [0.05, 0.1) is 103 Å². The lowest BCUT2D eigenvalue weighted by Gasteiger charge is -2.29. The van der Waals surface area contributed by atoms with Gasteiger partial charge in [0, 0.05) is 64.5 Å². The number of benzene rings is 6. The fourth-order valence-corrected chi connectivity index (χ4v) is 13.8. The Kier molecular flexibility index (Phi) is 25.9. The van der Waals surface area contributed by atoms with Crippen LogP contribution >= 0.6 is 23.2 Å². The number of anilines is 6. The molecule has 0 spiro atoms. The van der Waals surface area contributed by atoms with Crippen molar-refractivity contribution in [2.75, 3.05) is 105 Å². The molecule has 5 aliphatic rings. The zero-order valence-electron chi connectivity index (χ0n) is 64.6. The highest BCUT2D eigenvalue weighted by molar-refractivity contribution is 6.32. The number of piperidine rings is 2. The summed E-state index contributed by atoms with van der Waals surface area (Å²) in [6.07, 6.45) is 0.886. The number of likely N-dealkylation sites (tertiary alicyclic amines) is 2. The maximum Gasteiger partial charge on any atom is 0.423 e. The third-order valence-electron chi connectivity index (χ3n) is 20.3. The Hall–Kier alpha value is -11.8. The number of carbonyl (C=O) groups excluding carboxylic acids is 5. The molecule has 0 saturated carbocycles.